The molecule has 1 aromatic heterocycles. The van der Waals surface area contributed by atoms with E-state index in [4.69, 9.17) is 4.74 Å². The van der Waals surface area contributed by atoms with Gasteiger partial charge in [-0.05, 0) is 32.4 Å². The molecule has 35 heavy (non-hydrogen) atoms. The lowest BCUT2D eigenvalue weighted by Crippen LogP contribution is -2.44. The average Bonchev–Trinajstić information content (AvgIpc) is 2.87. The second-order valence-electron chi connectivity index (χ2n) is 9.32. The van der Waals surface area contributed by atoms with Gasteiger partial charge in [-0.3, -0.25) is 4.79 Å². The zero-order valence-corrected chi connectivity index (χ0v) is 20.7. The predicted molar refractivity (Wildman–Crippen MR) is 135 cm³/mol. The lowest BCUT2D eigenvalue weighted by molar-refractivity contribution is 0.000797. The number of hydrogen-bond donors (Lipinski definition) is 0. The van der Waals surface area contributed by atoms with Crippen molar-refractivity contribution in [1.82, 2.24) is 14.7 Å². The fourth-order valence-corrected chi connectivity index (χ4v) is 3.91. The topological polar surface area (TPSA) is 88.2 Å². The molecule has 2 unspecified atom stereocenters. The van der Waals surface area contributed by atoms with Crippen LogP contribution in [0.15, 0.2) is 77.6 Å². The van der Waals surface area contributed by atoms with Gasteiger partial charge < -0.3 is 9.64 Å². The van der Waals surface area contributed by atoms with Crippen molar-refractivity contribution >= 4 is 6.09 Å². The SMILES string of the molecule is CC(c1ccc(-c2ccc(=O)n(C)n2)cc1)N1CCC(CC(C)(C)C#N)OC1=O.c1ccccc1. The van der Waals surface area contributed by atoms with E-state index in [1.165, 1.54) is 10.7 Å². The largest absolute Gasteiger partial charge is 0.446 e. The molecule has 7 heteroatoms. The molecule has 0 spiro atoms. The minimum atomic E-state index is -0.510. The number of aromatic nitrogens is 2. The number of hydrogen-bond acceptors (Lipinski definition) is 5. The molecule has 0 aliphatic carbocycles. The number of carbonyl (C=O) groups is 1. The monoisotopic (exact) mass is 472 g/mol. The van der Waals surface area contributed by atoms with E-state index in [1.54, 1.807) is 18.0 Å². The molecule has 1 fully saturated rings. The van der Waals surface area contributed by atoms with Gasteiger partial charge in [0.15, 0.2) is 0 Å². The molecule has 0 N–H and O–H groups in total. The minimum absolute atomic E-state index is 0.130. The maximum atomic E-state index is 12.5. The molecule has 2 heterocycles. The second kappa shape index (κ2) is 11.5. The zero-order valence-electron chi connectivity index (χ0n) is 20.7. The number of carbonyl (C=O) groups excluding carboxylic acids is 1. The van der Waals surface area contributed by atoms with Crippen molar-refractivity contribution in [2.45, 2.75) is 45.8 Å². The third kappa shape index (κ3) is 7.03. The molecule has 2 aromatic carbocycles. The first-order chi connectivity index (χ1) is 16.7. The summed E-state index contributed by atoms with van der Waals surface area (Å²) >= 11 is 0. The van der Waals surface area contributed by atoms with Crippen LogP contribution in [0.2, 0.25) is 0 Å². The average molecular weight is 473 g/mol. The number of ether oxygens (including phenoxy) is 1. The Kier molecular flexibility index (Phi) is 8.43. The molecule has 2 atom stereocenters. The van der Waals surface area contributed by atoms with Gasteiger partial charge in [0.25, 0.3) is 5.56 Å². The third-order valence-corrected chi connectivity index (χ3v) is 6.02. The first kappa shape index (κ1) is 25.7. The van der Waals surface area contributed by atoms with Crippen LogP contribution < -0.4 is 5.56 Å². The molecule has 7 nitrogen and oxygen atoms in total. The van der Waals surface area contributed by atoms with E-state index in [0.29, 0.717) is 25.1 Å². The molecular weight excluding hydrogens is 440 g/mol. The van der Waals surface area contributed by atoms with Crippen LogP contribution in [-0.2, 0) is 11.8 Å². The first-order valence-electron chi connectivity index (χ1n) is 11.7. The van der Waals surface area contributed by atoms with E-state index < -0.39 is 5.41 Å². The molecule has 3 aromatic rings. The van der Waals surface area contributed by atoms with Gasteiger partial charge in [0.1, 0.15) is 6.10 Å². The summed E-state index contributed by atoms with van der Waals surface area (Å²) in [5, 5.41) is 13.5. The lowest BCUT2D eigenvalue weighted by atomic mass is 9.87. The highest BCUT2D eigenvalue weighted by Crippen LogP contribution is 2.31. The summed E-state index contributed by atoms with van der Waals surface area (Å²) in [5.41, 5.74) is 1.94. The van der Waals surface area contributed by atoms with Gasteiger partial charge in [0.2, 0.25) is 0 Å². The maximum Gasteiger partial charge on any atom is 0.410 e. The van der Waals surface area contributed by atoms with Crippen molar-refractivity contribution in [2.24, 2.45) is 12.5 Å². The molecule has 0 saturated carbocycles. The number of cyclic esters (lactones) is 1. The van der Waals surface area contributed by atoms with Gasteiger partial charge in [-0.25, -0.2) is 9.48 Å². The van der Waals surface area contributed by atoms with E-state index in [0.717, 1.165) is 11.1 Å². The number of aryl methyl sites for hydroxylation is 1. The molecule has 1 aliphatic rings. The van der Waals surface area contributed by atoms with E-state index >= 15 is 0 Å². The molecular formula is C28H32N4O3. The Morgan fingerprint density at radius 2 is 1.66 bits per heavy atom. The predicted octanol–water partition coefficient (Wildman–Crippen LogP) is 5.35. The highest BCUT2D eigenvalue weighted by molar-refractivity contribution is 5.69. The Morgan fingerprint density at radius 1 is 1.06 bits per heavy atom. The summed E-state index contributed by atoms with van der Waals surface area (Å²) in [6, 6.07) is 25.1. The van der Waals surface area contributed by atoms with Crippen LogP contribution in [0, 0.1) is 16.7 Å². The fourth-order valence-electron chi connectivity index (χ4n) is 3.91. The highest BCUT2D eigenvalue weighted by atomic mass is 16.6. The molecule has 0 bridgehead atoms. The molecule has 4 rings (SSSR count). The standard InChI is InChI=1S/C22H26N4O3.C6H6/c1-15(26-12-11-18(29-21(26)28)13-22(2,3)14-23)16-5-7-17(8-6-16)19-9-10-20(27)25(4)24-19;1-2-4-6-5-3-1/h5-10,15,18H,11-13H2,1-4H3;1-6H. The van der Waals surface area contributed by atoms with Gasteiger partial charge in [0, 0.05) is 38.1 Å². The molecule has 0 radical (unpaired) electrons. The molecule has 1 amide bonds. The normalized spacial score (nSPS) is 16.4. The Morgan fingerprint density at radius 3 is 2.17 bits per heavy atom. The van der Waals surface area contributed by atoms with Crippen LogP contribution in [-0.4, -0.2) is 33.4 Å². The van der Waals surface area contributed by atoms with Crippen LogP contribution in [0.1, 0.15) is 45.2 Å². The molecule has 1 aliphatic heterocycles. The Hall–Kier alpha value is -3.92. The number of amides is 1. The Bertz CT molecular complexity index is 1190. The van der Waals surface area contributed by atoms with Crippen LogP contribution in [0.5, 0.6) is 0 Å². The van der Waals surface area contributed by atoms with E-state index in [9.17, 15) is 14.9 Å². The van der Waals surface area contributed by atoms with E-state index in [1.807, 2.05) is 81.4 Å². The summed E-state index contributed by atoms with van der Waals surface area (Å²) < 4.78 is 6.90. The van der Waals surface area contributed by atoms with Crippen molar-refractivity contribution in [3.8, 4) is 17.3 Å². The maximum absolute atomic E-state index is 12.5. The lowest BCUT2D eigenvalue weighted by Gasteiger charge is -2.37. The van der Waals surface area contributed by atoms with Gasteiger partial charge in [-0.15, -0.1) is 0 Å². The minimum Gasteiger partial charge on any atom is -0.446 e. The number of benzene rings is 2. The zero-order chi connectivity index (χ0) is 25.4. The first-order valence-corrected chi connectivity index (χ1v) is 11.7. The van der Waals surface area contributed by atoms with Crippen molar-refractivity contribution in [3.05, 3.63) is 88.7 Å². The highest BCUT2D eigenvalue weighted by Gasteiger charge is 2.34. The Balaban J connectivity index is 0.000000497. The van der Waals surface area contributed by atoms with Gasteiger partial charge >= 0.3 is 6.09 Å². The van der Waals surface area contributed by atoms with Crippen molar-refractivity contribution < 1.29 is 9.53 Å². The quantitative estimate of drug-likeness (QED) is 0.500. The van der Waals surface area contributed by atoms with Crippen LogP contribution in [0.3, 0.4) is 0 Å². The van der Waals surface area contributed by atoms with E-state index in [-0.39, 0.29) is 23.8 Å². The number of rotatable bonds is 5. The van der Waals surface area contributed by atoms with Gasteiger partial charge in [-0.1, -0.05) is 60.7 Å². The third-order valence-electron chi connectivity index (χ3n) is 6.02. The summed E-state index contributed by atoms with van der Waals surface area (Å²) in [4.78, 5) is 25.8. The van der Waals surface area contributed by atoms with Crippen LogP contribution in [0.25, 0.3) is 11.3 Å². The van der Waals surface area contributed by atoms with Gasteiger partial charge in [0.05, 0.1) is 23.2 Å². The number of nitriles is 1. The van der Waals surface area contributed by atoms with Crippen molar-refractivity contribution in [3.63, 3.8) is 0 Å². The Labute approximate surface area is 206 Å². The van der Waals surface area contributed by atoms with E-state index in [2.05, 4.69) is 11.2 Å². The summed E-state index contributed by atoms with van der Waals surface area (Å²) in [6.07, 6.45) is 0.685. The smallest absolute Gasteiger partial charge is 0.410 e. The van der Waals surface area contributed by atoms with Crippen LogP contribution >= 0.6 is 0 Å². The van der Waals surface area contributed by atoms with Crippen molar-refractivity contribution in [1.29, 1.82) is 5.26 Å². The second-order valence-corrected chi connectivity index (χ2v) is 9.32. The molecule has 182 valence electrons. The van der Waals surface area contributed by atoms with Crippen LogP contribution in [0.4, 0.5) is 4.79 Å². The summed E-state index contributed by atoms with van der Waals surface area (Å²) in [6.45, 7) is 6.28. The van der Waals surface area contributed by atoms with Crippen molar-refractivity contribution in [2.75, 3.05) is 6.54 Å². The molecule has 1 saturated heterocycles. The van der Waals surface area contributed by atoms with Gasteiger partial charge in [-0.2, -0.15) is 10.4 Å². The number of nitrogens with zero attached hydrogens (tertiary/aromatic N) is 4. The summed E-state index contributed by atoms with van der Waals surface area (Å²) in [5.74, 6) is 0. The fraction of sp³-hybridized carbons (Fsp3) is 0.357. The summed E-state index contributed by atoms with van der Waals surface area (Å²) in [7, 11) is 1.62.